The Bertz CT molecular complexity index is 867. The number of hydrogen-bond donors (Lipinski definition) is 1. The summed E-state index contributed by atoms with van der Waals surface area (Å²) in [5.41, 5.74) is 0.516. The van der Waals surface area contributed by atoms with Crippen LogP contribution in [-0.2, 0) is 17.5 Å². The van der Waals surface area contributed by atoms with Gasteiger partial charge in [-0.25, -0.2) is 0 Å². The lowest BCUT2D eigenvalue weighted by molar-refractivity contribution is -0.137. The van der Waals surface area contributed by atoms with Crippen LogP contribution in [0.2, 0.25) is 0 Å². The molecule has 1 N–H and O–H groups in total. The minimum Gasteiger partial charge on any atom is -0.335 e. The van der Waals surface area contributed by atoms with E-state index in [-0.39, 0.29) is 16.8 Å². The maximum absolute atomic E-state index is 13.2. The summed E-state index contributed by atoms with van der Waals surface area (Å²) in [6, 6.07) is 1.97. The summed E-state index contributed by atoms with van der Waals surface area (Å²) < 4.78 is 41.9. The molecule has 2 aromatic rings. The lowest BCUT2D eigenvalue weighted by Crippen LogP contribution is -2.34. The quantitative estimate of drug-likeness (QED) is 0.850. The number of aryl methyl sites for hydroxylation is 1. The molecular weight excluding hydrogens is 327 g/mol. The monoisotopic (exact) mass is 341 g/mol. The van der Waals surface area contributed by atoms with Crippen LogP contribution in [-0.4, -0.2) is 21.9 Å². The number of nitrogens with zero attached hydrogens (tertiary/aromatic N) is 2. The molecule has 4 nitrogen and oxygen atoms in total. The van der Waals surface area contributed by atoms with Gasteiger partial charge in [0.1, 0.15) is 0 Å². The van der Waals surface area contributed by atoms with Crippen molar-refractivity contribution in [2.24, 2.45) is 0 Å². The van der Waals surface area contributed by atoms with Crippen molar-refractivity contribution in [1.29, 1.82) is 5.41 Å². The number of alkyl halides is 3. The highest BCUT2D eigenvalue weighted by atomic mass is 32.1. The molecule has 23 heavy (non-hydrogen) atoms. The molecule has 1 fully saturated rings. The van der Waals surface area contributed by atoms with E-state index in [4.69, 9.17) is 5.41 Å². The molecule has 122 valence electrons. The van der Waals surface area contributed by atoms with Crippen molar-refractivity contribution in [1.82, 2.24) is 9.47 Å². The van der Waals surface area contributed by atoms with E-state index in [0.29, 0.717) is 41.7 Å². The van der Waals surface area contributed by atoms with Crippen LogP contribution in [0.15, 0.2) is 12.1 Å². The molecule has 0 aliphatic carbocycles. The standard InChI is InChI=1S/C15H14F3N3OS/c16-15(17,18)8-6-9-10(20-4-1-2-12(20)22)3-5-21-13(9)11(7-8)23-14(21)19/h6-7,10,19H,1-5H2. The minimum absolute atomic E-state index is 0.00957. The fourth-order valence-corrected chi connectivity index (χ4v) is 4.63. The summed E-state index contributed by atoms with van der Waals surface area (Å²) in [6.07, 6.45) is -2.65. The van der Waals surface area contributed by atoms with Crippen molar-refractivity contribution in [3.05, 3.63) is 28.1 Å². The van der Waals surface area contributed by atoms with E-state index in [0.717, 1.165) is 23.8 Å². The average Bonchev–Trinajstić information content (AvgIpc) is 3.03. The van der Waals surface area contributed by atoms with Gasteiger partial charge >= 0.3 is 6.18 Å². The van der Waals surface area contributed by atoms with Crippen LogP contribution < -0.4 is 4.80 Å². The number of hydrogen-bond acceptors (Lipinski definition) is 3. The third-order valence-electron chi connectivity index (χ3n) is 4.62. The maximum atomic E-state index is 13.2. The zero-order valence-corrected chi connectivity index (χ0v) is 12.9. The van der Waals surface area contributed by atoms with Crippen molar-refractivity contribution >= 4 is 27.5 Å². The lowest BCUT2D eigenvalue weighted by atomic mass is 9.95. The molecule has 0 radical (unpaired) electrons. The maximum Gasteiger partial charge on any atom is 0.416 e. The molecule has 0 spiro atoms. The zero-order valence-electron chi connectivity index (χ0n) is 12.1. The Balaban J connectivity index is 1.96. The number of amides is 1. The molecule has 2 aliphatic rings. The highest BCUT2D eigenvalue weighted by Crippen LogP contribution is 2.41. The van der Waals surface area contributed by atoms with Gasteiger partial charge in [0, 0.05) is 25.1 Å². The van der Waals surface area contributed by atoms with Crippen LogP contribution >= 0.6 is 11.3 Å². The summed E-state index contributed by atoms with van der Waals surface area (Å²) in [4.78, 5) is 14.0. The smallest absolute Gasteiger partial charge is 0.335 e. The minimum atomic E-state index is -4.43. The predicted octanol–water partition coefficient (Wildman–Crippen LogP) is 3.27. The molecular formula is C15H14F3N3OS. The molecule has 1 atom stereocenters. The fraction of sp³-hybridized carbons (Fsp3) is 0.467. The second kappa shape index (κ2) is 4.83. The first-order chi connectivity index (χ1) is 10.9. The van der Waals surface area contributed by atoms with E-state index in [2.05, 4.69) is 0 Å². The SMILES string of the molecule is N=c1sc2cc(C(F)(F)F)cc3c2n1CCC3N1CCCC1=O. The number of halogens is 3. The van der Waals surface area contributed by atoms with Gasteiger partial charge < -0.3 is 9.47 Å². The Morgan fingerprint density at radius 3 is 2.70 bits per heavy atom. The third kappa shape index (κ3) is 2.19. The molecule has 1 aromatic carbocycles. The molecule has 0 bridgehead atoms. The van der Waals surface area contributed by atoms with Crippen LogP contribution in [0.4, 0.5) is 13.2 Å². The lowest BCUT2D eigenvalue weighted by Gasteiger charge is -2.32. The summed E-state index contributed by atoms with van der Waals surface area (Å²) in [5, 5.41) is 7.99. The highest BCUT2D eigenvalue weighted by molar-refractivity contribution is 7.16. The van der Waals surface area contributed by atoms with Gasteiger partial charge in [-0.2, -0.15) is 13.2 Å². The number of rotatable bonds is 1. The first-order valence-corrected chi connectivity index (χ1v) is 8.26. The van der Waals surface area contributed by atoms with Crippen LogP contribution in [0, 0.1) is 5.41 Å². The van der Waals surface area contributed by atoms with Crippen molar-refractivity contribution in [2.45, 2.75) is 38.0 Å². The van der Waals surface area contributed by atoms with Gasteiger partial charge in [0.05, 0.1) is 21.8 Å². The van der Waals surface area contributed by atoms with Gasteiger partial charge in [-0.3, -0.25) is 10.2 Å². The van der Waals surface area contributed by atoms with E-state index in [9.17, 15) is 18.0 Å². The Morgan fingerprint density at radius 2 is 2.04 bits per heavy atom. The number of carbonyl (C=O) groups is 1. The Kier molecular flexibility index (Phi) is 3.10. The van der Waals surface area contributed by atoms with Gasteiger partial charge in [0.2, 0.25) is 5.91 Å². The summed E-state index contributed by atoms with van der Waals surface area (Å²) in [5.74, 6) is 0.00957. The summed E-state index contributed by atoms with van der Waals surface area (Å²) >= 11 is 1.06. The van der Waals surface area contributed by atoms with Crippen LogP contribution in [0.5, 0.6) is 0 Å². The first-order valence-electron chi connectivity index (χ1n) is 7.45. The Hall–Kier alpha value is -1.83. The van der Waals surface area contributed by atoms with Gasteiger partial charge in [-0.05, 0) is 25.0 Å². The molecule has 3 heterocycles. The third-order valence-corrected chi connectivity index (χ3v) is 5.57. The van der Waals surface area contributed by atoms with E-state index < -0.39 is 11.7 Å². The normalized spacial score (nSPS) is 21.4. The average molecular weight is 341 g/mol. The van der Waals surface area contributed by atoms with Crippen molar-refractivity contribution in [3.8, 4) is 0 Å². The van der Waals surface area contributed by atoms with Gasteiger partial charge in [-0.15, -0.1) is 0 Å². The summed E-state index contributed by atoms with van der Waals surface area (Å²) in [7, 11) is 0. The zero-order chi connectivity index (χ0) is 16.4. The molecule has 4 rings (SSSR count). The van der Waals surface area contributed by atoms with E-state index >= 15 is 0 Å². The molecule has 0 saturated carbocycles. The van der Waals surface area contributed by atoms with E-state index in [1.807, 2.05) is 0 Å². The molecule has 2 aliphatic heterocycles. The van der Waals surface area contributed by atoms with Crippen LogP contribution in [0.1, 0.15) is 36.4 Å². The fourth-order valence-electron chi connectivity index (χ4n) is 3.62. The Labute approximate surface area is 133 Å². The van der Waals surface area contributed by atoms with Gasteiger partial charge in [0.25, 0.3) is 0 Å². The van der Waals surface area contributed by atoms with Crippen LogP contribution in [0.3, 0.4) is 0 Å². The van der Waals surface area contributed by atoms with Crippen molar-refractivity contribution in [3.63, 3.8) is 0 Å². The second-order valence-corrected chi connectivity index (χ2v) is 6.99. The topological polar surface area (TPSA) is 49.1 Å². The van der Waals surface area contributed by atoms with Gasteiger partial charge in [0.15, 0.2) is 4.80 Å². The second-order valence-electron chi connectivity index (χ2n) is 5.96. The number of benzene rings is 1. The molecule has 1 unspecified atom stereocenters. The number of aromatic nitrogens is 1. The predicted molar refractivity (Wildman–Crippen MR) is 79.0 cm³/mol. The van der Waals surface area contributed by atoms with E-state index in [1.54, 1.807) is 9.47 Å². The molecule has 1 saturated heterocycles. The molecule has 1 amide bonds. The number of nitrogens with one attached hydrogen (secondary N) is 1. The Morgan fingerprint density at radius 1 is 1.26 bits per heavy atom. The number of carbonyl (C=O) groups excluding carboxylic acids is 1. The highest BCUT2D eigenvalue weighted by Gasteiger charge is 2.37. The number of thiazole rings is 1. The first kappa shape index (κ1) is 14.7. The largest absolute Gasteiger partial charge is 0.416 e. The van der Waals surface area contributed by atoms with Crippen molar-refractivity contribution in [2.75, 3.05) is 6.54 Å². The van der Waals surface area contributed by atoms with Crippen molar-refractivity contribution < 1.29 is 18.0 Å². The summed E-state index contributed by atoms with van der Waals surface area (Å²) in [6.45, 7) is 1.16. The van der Waals surface area contributed by atoms with Crippen LogP contribution in [0.25, 0.3) is 10.2 Å². The number of likely N-dealkylation sites (tertiary alicyclic amines) is 1. The molecule has 1 aromatic heterocycles. The molecule has 8 heteroatoms. The van der Waals surface area contributed by atoms with Gasteiger partial charge in [-0.1, -0.05) is 11.3 Å². The van der Waals surface area contributed by atoms with E-state index in [1.165, 1.54) is 6.07 Å².